The van der Waals surface area contributed by atoms with Crippen molar-refractivity contribution in [3.05, 3.63) is 61.7 Å². The summed E-state index contributed by atoms with van der Waals surface area (Å²) >= 11 is 0. The largest absolute Gasteiger partial charge is 0.106 e. The number of benzene rings is 1. The third-order valence-electron chi connectivity index (χ3n) is 1.68. The molecule has 0 N–H and O–H groups in total. The van der Waals surface area contributed by atoms with Crippen LogP contribution in [0.2, 0.25) is 0 Å². The number of allylic oxidation sites excluding steroid dienone is 1. The van der Waals surface area contributed by atoms with Gasteiger partial charge in [-0.3, -0.25) is 0 Å². The molecule has 0 nitrogen and oxygen atoms in total. The summed E-state index contributed by atoms with van der Waals surface area (Å²) < 4.78 is 0. The zero-order valence-electron chi connectivity index (χ0n) is 7.66. The first kappa shape index (κ1) is 10.7. The van der Waals surface area contributed by atoms with Crippen LogP contribution in [-0.4, -0.2) is 0 Å². The van der Waals surface area contributed by atoms with Crippen molar-refractivity contribution in [1.29, 1.82) is 0 Å². The van der Waals surface area contributed by atoms with Gasteiger partial charge in [0.1, 0.15) is 0 Å². The van der Waals surface area contributed by atoms with Gasteiger partial charge in [0.2, 0.25) is 0 Å². The summed E-state index contributed by atoms with van der Waals surface area (Å²) in [4.78, 5) is 0. The van der Waals surface area contributed by atoms with Crippen LogP contribution in [0.15, 0.2) is 56.1 Å². The molecule has 0 heterocycles. The minimum absolute atomic E-state index is 0.473. The maximum Gasteiger partial charge on any atom is -0.00131 e. The highest BCUT2D eigenvalue weighted by Crippen LogP contribution is 2.14. The highest BCUT2D eigenvalue weighted by atomic mass is 14.0. The van der Waals surface area contributed by atoms with Gasteiger partial charge in [0.15, 0.2) is 0 Å². The molecule has 0 spiro atoms. The van der Waals surface area contributed by atoms with Crippen molar-refractivity contribution in [2.75, 3.05) is 0 Å². The summed E-state index contributed by atoms with van der Waals surface area (Å²) in [5.41, 5.74) is 1.33. The minimum atomic E-state index is 0.473. The highest BCUT2D eigenvalue weighted by molar-refractivity contribution is 5.21. The van der Waals surface area contributed by atoms with Gasteiger partial charge in [0.05, 0.1) is 0 Å². The molecule has 0 aliphatic heterocycles. The molecular weight excluding hydrogens is 144 g/mol. The van der Waals surface area contributed by atoms with Gasteiger partial charge >= 0.3 is 0 Å². The summed E-state index contributed by atoms with van der Waals surface area (Å²) in [6, 6.07) is 10.4. The van der Waals surface area contributed by atoms with Crippen LogP contribution in [0.1, 0.15) is 18.4 Å². The van der Waals surface area contributed by atoms with E-state index < -0.39 is 0 Å². The van der Waals surface area contributed by atoms with E-state index in [1.54, 1.807) is 0 Å². The molecule has 0 heteroatoms. The lowest BCUT2D eigenvalue weighted by Gasteiger charge is -2.03. The summed E-state index contributed by atoms with van der Waals surface area (Å²) in [5.74, 6) is 0.473. The van der Waals surface area contributed by atoms with Crippen molar-refractivity contribution in [1.82, 2.24) is 0 Å². The van der Waals surface area contributed by atoms with Gasteiger partial charge < -0.3 is 0 Å². The first-order chi connectivity index (χ1) is 5.84. The molecule has 0 aliphatic rings. The van der Waals surface area contributed by atoms with E-state index in [2.05, 4.69) is 50.9 Å². The van der Waals surface area contributed by atoms with Gasteiger partial charge in [-0.25, -0.2) is 0 Å². The zero-order chi connectivity index (χ0) is 9.40. The second kappa shape index (κ2) is 6.41. The first-order valence-corrected chi connectivity index (χ1v) is 4.02. The van der Waals surface area contributed by atoms with E-state index in [9.17, 15) is 0 Å². The van der Waals surface area contributed by atoms with Crippen molar-refractivity contribution < 1.29 is 0 Å². The minimum Gasteiger partial charge on any atom is -0.106 e. The Morgan fingerprint density at radius 1 is 1.17 bits per heavy atom. The molecule has 0 bridgehead atoms. The second-order valence-electron chi connectivity index (χ2n) is 2.44. The molecule has 12 heavy (non-hydrogen) atoms. The average molecular weight is 160 g/mol. The Bertz CT molecular complexity index is 211. The normalized spacial score (nSPS) is 10.8. The van der Waals surface area contributed by atoms with E-state index in [0.717, 1.165) is 0 Å². The molecule has 1 rings (SSSR count). The van der Waals surface area contributed by atoms with Crippen molar-refractivity contribution in [3.8, 4) is 0 Å². The number of rotatable bonds is 2. The van der Waals surface area contributed by atoms with E-state index in [4.69, 9.17) is 0 Å². The fraction of sp³-hybridized carbons (Fsp3) is 0.167. The van der Waals surface area contributed by atoms with Gasteiger partial charge in [-0.05, 0) is 11.5 Å². The second-order valence-corrected chi connectivity index (χ2v) is 2.44. The maximum absolute atomic E-state index is 3.74. The molecule has 1 aromatic carbocycles. The highest BCUT2D eigenvalue weighted by Gasteiger charge is 1.96. The Hall–Kier alpha value is -1.30. The van der Waals surface area contributed by atoms with Crippen LogP contribution in [0, 0.1) is 0 Å². The van der Waals surface area contributed by atoms with Crippen LogP contribution in [0.25, 0.3) is 0 Å². The average Bonchev–Trinajstić information content (AvgIpc) is 2.21. The van der Waals surface area contributed by atoms with Gasteiger partial charge in [0.25, 0.3) is 0 Å². The van der Waals surface area contributed by atoms with Gasteiger partial charge in [-0.2, -0.15) is 0 Å². The molecule has 1 unspecified atom stereocenters. The van der Waals surface area contributed by atoms with E-state index in [1.165, 1.54) is 5.56 Å². The Morgan fingerprint density at radius 2 is 1.67 bits per heavy atom. The Labute approximate surface area is 75.2 Å². The van der Waals surface area contributed by atoms with Crippen LogP contribution in [0.3, 0.4) is 0 Å². The van der Waals surface area contributed by atoms with E-state index in [0.29, 0.717) is 5.92 Å². The molecule has 0 saturated carbocycles. The smallest absolute Gasteiger partial charge is 0.00131 e. The lowest BCUT2D eigenvalue weighted by Crippen LogP contribution is -1.85. The van der Waals surface area contributed by atoms with Gasteiger partial charge in [-0.15, -0.1) is 19.7 Å². The first-order valence-electron chi connectivity index (χ1n) is 4.02. The number of hydrogen-bond acceptors (Lipinski definition) is 0. The van der Waals surface area contributed by atoms with Crippen molar-refractivity contribution >= 4 is 0 Å². The predicted molar refractivity (Wildman–Crippen MR) is 56.3 cm³/mol. The van der Waals surface area contributed by atoms with Gasteiger partial charge in [-0.1, -0.05) is 43.3 Å². The third kappa shape index (κ3) is 3.20. The molecular formula is C12H16. The lowest BCUT2D eigenvalue weighted by atomic mass is 10.0. The molecule has 1 atom stereocenters. The fourth-order valence-electron chi connectivity index (χ4n) is 0.893. The van der Waals surface area contributed by atoms with E-state index in [1.807, 2.05) is 12.1 Å². The molecule has 0 amide bonds. The molecule has 0 saturated heterocycles. The van der Waals surface area contributed by atoms with Gasteiger partial charge in [0, 0.05) is 0 Å². The van der Waals surface area contributed by atoms with Crippen LogP contribution in [0.4, 0.5) is 0 Å². The lowest BCUT2D eigenvalue weighted by molar-refractivity contribution is 0.971. The Morgan fingerprint density at radius 3 is 2.08 bits per heavy atom. The molecule has 0 radical (unpaired) electrons. The number of hydrogen-bond donors (Lipinski definition) is 0. The molecule has 0 aliphatic carbocycles. The van der Waals surface area contributed by atoms with Crippen LogP contribution in [0.5, 0.6) is 0 Å². The van der Waals surface area contributed by atoms with Crippen molar-refractivity contribution in [2.24, 2.45) is 0 Å². The molecule has 0 aromatic heterocycles. The fourth-order valence-corrected chi connectivity index (χ4v) is 0.893. The van der Waals surface area contributed by atoms with Crippen LogP contribution < -0.4 is 0 Å². The third-order valence-corrected chi connectivity index (χ3v) is 1.68. The Kier molecular flexibility index (Phi) is 5.72. The summed E-state index contributed by atoms with van der Waals surface area (Å²) in [6.07, 6.45) is 1.95. The molecule has 0 fully saturated rings. The topological polar surface area (TPSA) is 0 Å². The van der Waals surface area contributed by atoms with Crippen molar-refractivity contribution in [2.45, 2.75) is 12.8 Å². The maximum atomic E-state index is 3.74. The summed E-state index contributed by atoms with van der Waals surface area (Å²) in [5, 5.41) is 0. The monoisotopic (exact) mass is 160 g/mol. The quantitative estimate of drug-likeness (QED) is 0.577. The Balaban J connectivity index is 0.000000561. The molecule has 1 aromatic rings. The zero-order valence-corrected chi connectivity index (χ0v) is 7.66. The van der Waals surface area contributed by atoms with Crippen LogP contribution >= 0.6 is 0 Å². The van der Waals surface area contributed by atoms with E-state index in [-0.39, 0.29) is 0 Å². The molecule has 64 valence electrons. The van der Waals surface area contributed by atoms with Crippen molar-refractivity contribution in [3.63, 3.8) is 0 Å². The SMILES string of the molecule is C=C.C=CC(C)c1ccccc1. The van der Waals surface area contributed by atoms with Crippen LogP contribution in [-0.2, 0) is 0 Å². The summed E-state index contributed by atoms with van der Waals surface area (Å²) in [6.45, 7) is 11.9. The summed E-state index contributed by atoms with van der Waals surface area (Å²) in [7, 11) is 0. The standard InChI is InChI=1S/C10H12.C2H4/c1-3-9(2)10-7-5-4-6-8-10;1-2/h3-9H,1H2,2H3;1-2H2. The van der Waals surface area contributed by atoms with E-state index >= 15 is 0 Å². The predicted octanol–water partition coefficient (Wildman–Crippen LogP) is 3.78.